The second-order valence-electron chi connectivity index (χ2n) is 7.17. The van der Waals surface area contributed by atoms with E-state index in [1.807, 2.05) is 30.3 Å². The van der Waals surface area contributed by atoms with Crippen molar-refractivity contribution in [3.8, 4) is 0 Å². The number of nitrogens with one attached hydrogen (secondary N) is 1. The molecule has 1 saturated carbocycles. The first-order valence-electron chi connectivity index (χ1n) is 9.38. The molecule has 2 fully saturated rings. The highest BCUT2D eigenvalue weighted by Crippen LogP contribution is 2.38. The smallest absolute Gasteiger partial charge is 0.254 e. The maximum absolute atomic E-state index is 12.9. The number of methoxy groups -OCH3 is 1. The number of nitrogens with zero attached hydrogens (tertiary/aromatic N) is 1. The van der Waals surface area contributed by atoms with Crippen LogP contribution in [-0.2, 0) is 14.3 Å². The van der Waals surface area contributed by atoms with E-state index >= 15 is 0 Å². The van der Waals surface area contributed by atoms with Crippen molar-refractivity contribution in [2.75, 3.05) is 33.4 Å². The Kier molecular flexibility index (Phi) is 6.10. The second-order valence-corrected chi connectivity index (χ2v) is 7.17. The third kappa shape index (κ3) is 3.89. The quantitative estimate of drug-likeness (QED) is 0.860. The molecular formula is C20H30N2O3. The number of ether oxygens (including phenoxy) is 2. The molecule has 0 bridgehead atoms. The van der Waals surface area contributed by atoms with Gasteiger partial charge in [0.1, 0.15) is 0 Å². The van der Waals surface area contributed by atoms with E-state index < -0.39 is 6.10 Å². The zero-order chi connectivity index (χ0) is 17.7. The van der Waals surface area contributed by atoms with Gasteiger partial charge in [0.2, 0.25) is 0 Å². The molecule has 1 aromatic rings. The highest BCUT2D eigenvalue weighted by Gasteiger charge is 2.45. The maximum atomic E-state index is 12.9. The first-order valence-corrected chi connectivity index (χ1v) is 9.38. The number of amides is 1. The Hall–Kier alpha value is -1.43. The predicted octanol–water partition coefficient (Wildman–Crippen LogP) is 2.52. The largest absolute Gasteiger partial charge is 0.379 e. The fourth-order valence-electron chi connectivity index (χ4n) is 4.46. The summed E-state index contributed by atoms with van der Waals surface area (Å²) < 4.78 is 11.0. The van der Waals surface area contributed by atoms with Crippen LogP contribution in [0.1, 0.15) is 44.3 Å². The van der Waals surface area contributed by atoms with E-state index in [2.05, 4.69) is 17.1 Å². The third-order valence-electron chi connectivity index (χ3n) is 5.85. The molecule has 138 valence electrons. The van der Waals surface area contributed by atoms with Crippen LogP contribution in [0.4, 0.5) is 0 Å². The number of hydrogen-bond acceptors (Lipinski definition) is 4. The van der Waals surface area contributed by atoms with Crippen LogP contribution in [0, 0.1) is 0 Å². The first-order chi connectivity index (χ1) is 12.2. The molecule has 3 rings (SSSR count). The summed E-state index contributed by atoms with van der Waals surface area (Å²) in [6, 6.07) is 9.77. The number of carbonyl (C=O) groups excluding carboxylic acids is 1. The summed E-state index contributed by atoms with van der Waals surface area (Å²) in [5.74, 6) is -0.0549. The lowest BCUT2D eigenvalue weighted by atomic mass is 9.86. The Labute approximate surface area is 150 Å². The fraction of sp³-hybridized carbons (Fsp3) is 0.650. The summed E-state index contributed by atoms with van der Waals surface area (Å²) in [5.41, 5.74) is 0.940. The molecule has 5 nitrogen and oxygen atoms in total. The van der Waals surface area contributed by atoms with Gasteiger partial charge in [-0.05, 0) is 25.3 Å². The number of benzene rings is 1. The second kappa shape index (κ2) is 8.30. The number of rotatable bonds is 6. The average Bonchev–Trinajstić information content (AvgIpc) is 3.15. The zero-order valence-corrected chi connectivity index (χ0v) is 15.4. The van der Waals surface area contributed by atoms with Crippen molar-refractivity contribution in [2.45, 2.75) is 50.3 Å². The van der Waals surface area contributed by atoms with Crippen molar-refractivity contribution in [3.05, 3.63) is 35.9 Å². The van der Waals surface area contributed by atoms with Gasteiger partial charge >= 0.3 is 0 Å². The van der Waals surface area contributed by atoms with Crippen LogP contribution in [0.5, 0.6) is 0 Å². The minimum absolute atomic E-state index is 0.0500. The Morgan fingerprint density at radius 2 is 1.84 bits per heavy atom. The predicted molar refractivity (Wildman–Crippen MR) is 97.4 cm³/mol. The Bertz CT molecular complexity index is 551. The van der Waals surface area contributed by atoms with Crippen molar-refractivity contribution >= 4 is 5.91 Å². The van der Waals surface area contributed by atoms with Gasteiger partial charge in [0.05, 0.1) is 13.2 Å². The molecule has 2 atom stereocenters. The maximum Gasteiger partial charge on any atom is 0.254 e. The van der Waals surface area contributed by atoms with E-state index in [0.717, 1.165) is 44.7 Å². The van der Waals surface area contributed by atoms with Crippen molar-refractivity contribution in [1.82, 2.24) is 10.2 Å². The SMILES string of the molecule is CO[C@H](C(=O)N[C@@H](C)C1(N2CCOCC2)CCCC1)c1ccccc1. The highest BCUT2D eigenvalue weighted by molar-refractivity contribution is 5.82. The molecule has 2 aliphatic rings. The number of hydrogen-bond donors (Lipinski definition) is 1. The van der Waals surface area contributed by atoms with Gasteiger partial charge in [-0.1, -0.05) is 43.2 Å². The summed E-state index contributed by atoms with van der Waals surface area (Å²) in [4.78, 5) is 15.4. The normalized spacial score (nSPS) is 23.1. The monoisotopic (exact) mass is 346 g/mol. The van der Waals surface area contributed by atoms with Gasteiger partial charge < -0.3 is 14.8 Å². The van der Waals surface area contributed by atoms with E-state index in [1.165, 1.54) is 12.8 Å². The first kappa shape index (κ1) is 18.4. The van der Waals surface area contributed by atoms with Gasteiger partial charge in [-0.3, -0.25) is 9.69 Å². The molecule has 0 spiro atoms. The van der Waals surface area contributed by atoms with E-state index in [0.29, 0.717) is 0 Å². The molecule has 25 heavy (non-hydrogen) atoms. The molecule has 5 heteroatoms. The summed E-state index contributed by atoms with van der Waals surface area (Å²) in [7, 11) is 1.59. The summed E-state index contributed by atoms with van der Waals surface area (Å²) in [6.45, 7) is 5.62. The van der Waals surface area contributed by atoms with Crippen molar-refractivity contribution in [1.29, 1.82) is 0 Å². The number of morpholine rings is 1. The average molecular weight is 346 g/mol. The molecule has 1 aliphatic heterocycles. The molecule has 0 aromatic heterocycles. The van der Waals surface area contributed by atoms with Crippen molar-refractivity contribution in [3.63, 3.8) is 0 Å². The molecule has 1 aromatic carbocycles. The van der Waals surface area contributed by atoms with Crippen LogP contribution in [0.25, 0.3) is 0 Å². The van der Waals surface area contributed by atoms with Crippen molar-refractivity contribution < 1.29 is 14.3 Å². The Morgan fingerprint density at radius 1 is 1.20 bits per heavy atom. The third-order valence-corrected chi connectivity index (χ3v) is 5.85. The van der Waals surface area contributed by atoms with Gasteiger partial charge in [0, 0.05) is 31.8 Å². The van der Waals surface area contributed by atoms with Gasteiger partial charge in [0.15, 0.2) is 6.10 Å². The van der Waals surface area contributed by atoms with E-state index in [4.69, 9.17) is 9.47 Å². The Balaban J connectivity index is 1.72. The standard InChI is InChI=1S/C20H30N2O3/c1-16(20(10-6-7-11-20)22-12-14-25-15-13-22)21-19(23)18(24-2)17-8-4-3-5-9-17/h3-5,8-9,16,18H,6-7,10-15H2,1-2H3,(H,21,23)/t16-,18-/m0/s1. The summed E-state index contributed by atoms with van der Waals surface area (Å²) >= 11 is 0. The fourth-order valence-corrected chi connectivity index (χ4v) is 4.46. The molecule has 1 heterocycles. The zero-order valence-electron chi connectivity index (χ0n) is 15.4. The van der Waals surface area contributed by atoms with Crippen molar-refractivity contribution in [2.24, 2.45) is 0 Å². The molecule has 1 aliphatic carbocycles. The highest BCUT2D eigenvalue weighted by atomic mass is 16.5. The van der Waals surface area contributed by atoms with Crippen LogP contribution in [0.3, 0.4) is 0 Å². The minimum Gasteiger partial charge on any atom is -0.379 e. The van der Waals surface area contributed by atoms with E-state index in [9.17, 15) is 4.79 Å². The molecule has 0 unspecified atom stereocenters. The Morgan fingerprint density at radius 3 is 2.44 bits per heavy atom. The topological polar surface area (TPSA) is 50.8 Å². The number of carbonyl (C=O) groups is 1. The minimum atomic E-state index is -0.563. The van der Waals surface area contributed by atoms with Gasteiger partial charge in [0.25, 0.3) is 5.91 Å². The van der Waals surface area contributed by atoms with Crippen LogP contribution in [0.15, 0.2) is 30.3 Å². The molecule has 0 radical (unpaired) electrons. The van der Waals surface area contributed by atoms with Crippen LogP contribution >= 0.6 is 0 Å². The lowest BCUT2D eigenvalue weighted by Gasteiger charge is -2.47. The van der Waals surface area contributed by atoms with Gasteiger partial charge in [-0.25, -0.2) is 0 Å². The molecular weight excluding hydrogens is 316 g/mol. The lowest BCUT2D eigenvalue weighted by molar-refractivity contribution is -0.133. The van der Waals surface area contributed by atoms with Crippen LogP contribution in [0.2, 0.25) is 0 Å². The van der Waals surface area contributed by atoms with E-state index in [-0.39, 0.29) is 17.5 Å². The molecule has 1 amide bonds. The summed E-state index contributed by atoms with van der Waals surface area (Å²) in [5, 5.41) is 3.26. The summed E-state index contributed by atoms with van der Waals surface area (Å²) in [6.07, 6.45) is 4.16. The van der Waals surface area contributed by atoms with E-state index in [1.54, 1.807) is 7.11 Å². The lowest BCUT2D eigenvalue weighted by Crippen LogP contribution is -2.62. The van der Waals surface area contributed by atoms with Crippen LogP contribution in [-0.4, -0.2) is 55.8 Å². The van der Waals surface area contributed by atoms with Gasteiger partial charge in [-0.15, -0.1) is 0 Å². The molecule has 1 N–H and O–H groups in total. The molecule has 1 saturated heterocycles. The van der Waals surface area contributed by atoms with Gasteiger partial charge in [-0.2, -0.15) is 0 Å². The van der Waals surface area contributed by atoms with Crippen LogP contribution < -0.4 is 5.32 Å².